The molecule has 0 bridgehead atoms. The molecule has 100 valence electrons. The van der Waals surface area contributed by atoms with Crippen molar-refractivity contribution in [3.05, 3.63) is 34.9 Å². The van der Waals surface area contributed by atoms with Crippen LogP contribution in [0.1, 0.15) is 61.0 Å². The Hall–Kier alpha value is -1.31. The molecule has 0 spiro atoms. The Labute approximate surface area is 110 Å². The molecule has 0 atom stereocenters. The van der Waals surface area contributed by atoms with Crippen molar-refractivity contribution in [2.45, 2.75) is 52.4 Å². The molecule has 0 aliphatic rings. The Balaban J connectivity index is 3.04. The van der Waals surface area contributed by atoms with Gasteiger partial charge in [-0.15, -0.1) is 0 Å². The molecule has 1 aromatic rings. The molecule has 0 saturated carbocycles. The van der Waals surface area contributed by atoms with Crippen molar-refractivity contribution in [1.29, 1.82) is 0 Å². The monoisotopic (exact) mass is 248 g/mol. The Morgan fingerprint density at radius 1 is 1.06 bits per heavy atom. The molecule has 1 rings (SSSR count). The fourth-order valence-electron chi connectivity index (χ4n) is 2.17. The van der Waals surface area contributed by atoms with E-state index < -0.39 is 0 Å². The molecular formula is C16H24O2. The van der Waals surface area contributed by atoms with Gasteiger partial charge in [0.05, 0.1) is 12.7 Å². The highest BCUT2D eigenvalue weighted by Crippen LogP contribution is 2.20. The number of aryl methyl sites for hydroxylation is 2. The molecule has 0 heterocycles. The molecule has 0 saturated heterocycles. The first-order chi connectivity index (χ1) is 8.74. The smallest absolute Gasteiger partial charge is 0.338 e. The number of carbonyl (C=O) groups is 1. The van der Waals surface area contributed by atoms with E-state index in [1.807, 2.05) is 0 Å². The third kappa shape index (κ3) is 3.86. The van der Waals surface area contributed by atoms with Crippen LogP contribution < -0.4 is 0 Å². The van der Waals surface area contributed by atoms with Gasteiger partial charge in [0.1, 0.15) is 0 Å². The van der Waals surface area contributed by atoms with E-state index in [4.69, 9.17) is 4.74 Å². The molecule has 1 aromatic carbocycles. The average Bonchev–Trinajstić information content (AvgIpc) is 2.41. The number of unbranched alkanes of at least 4 members (excludes halogenated alkanes) is 2. The van der Waals surface area contributed by atoms with Crippen LogP contribution in [0.25, 0.3) is 0 Å². The zero-order valence-electron chi connectivity index (χ0n) is 11.8. The summed E-state index contributed by atoms with van der Waals surface area (Å²) in [6, 6.07) is 6.16. The number of ether oxygens (including phenoxy) is 1. The van der Waals surface area contributed by atoms with E-state index in [2.05, 4.69) is 32.0 Å². The highest BCUT2D eigenvalue weighted by molar-refractivity contribution is 5.92. The summed E-state index contributed by atoms with van der Waals surface area (Å²) in [4.78, 5) is 12.0. The van der Waals surface area contributed by atoms with E-state index in [-0.39, 0.29) is 5.97 Å². The van der Waals surface area contributed by atoms with Gasteiger partial charge < -0.3 is 4.74 Å². The van der Waals surface area contributed by atoms with E-state index in [0.717, 1.165) is 55.2 Å². The fraction of sp³-hybridized carbons (Fsp3) is 0.562. The quantitative estimate of drug-likeness (QED) is 0.677. The molecule has 2 nitrogen and oxygen atoms in total. The summed E-state index contributed by atoms with van der Waals surface area (Å²) < 4.78 is 4.94. The number of hydrogen-bond donors (Lipinski definition) is 0. The van der Waals surface area contributed by atoms with Crippen molar-refractivity contribution in [3.8, 4) is 0 Å². The minimum absolute atomic E-state index is 0.187. The van der Waals surface area contributed by atoms with Gasteiger partial charge in [0.15, 0.2) is 0 Å². The predicted molar refractivity (Wildman–Crippen MR) is 75.0 cm³/mol. The summed E-state index contributed by atoms with van der Waals surface area (Å²) in [5, 5.41) is 0. The Morgan fingerprint density at radius 3 is 1.94 bits per heavy atom. The number of carbonyl (C=O) groups excluding carboxylic acids is 1. The summed E-state index contributed by atoms with van der Waals surface area (Å²) in [6.07, 6.45) is 6.42. The molecular weight excluding hydrogens is 224 g/mol. The maximum Gasteiger partial charge on any atom is 0.338 e. The summed E-state index contributed by atoms with van der Waals surface area (Å²) >= 11 is 0. The largest absolute Gasteiger partial charge is 0.465 e. The highest BCUT2D eigenvalue weighted by Gasteiger charge is 2.15. The van der Waals surface area contributed by atoms with Crippen molar-refractivity contribution in [2.75, 3.05) is 7.11 Å². The average molecular weight is 248 g/mol. The third-order valence-electron chi connectivity index (χ3n) is 3.23. The molecule has 0 radical (unpaired) electrons. The zero-order valence-corrected chi connectivity index (χ0v) is 11.8. The van der Waals surface area contributed by atoms with Gasteiger partial charge in [-0.1, -0.05) is 44.9 Å². The molecule has 0 aromatic heterocycles. The second-order valence-electron chi connectivity index (χ2n) is 4.65. The lowest BCUT2D eigenvalue weighted by Gasteiger charge is -2.12. The normalized spacial score (nSPS) is 10.4. The van der Waals surface area contributed by atoms with Crippen molar-refractivity contribution in [2.24, 2.45) is 0 Å². The lowest BCUT2D eigenvalue weighted by Crippen LogP contribution is -2.10. The molecule has 2 heteroatoms. The second kappa shape index (κ2) is 7.91. The van der Waals surface area contributed by atoms with Crippen molar-refractivity contribution in [3.63, 3.8) is 0 Å². The van der Waals surface area contributed by atoms with Gasteiger partial charge in [-0.2, -0.15) is 0 Å². The minimum Gasteiger partial charge on any atom is -0.465 e. The van der Waals surface area contributed by atoms with Crippen LogP contribution in [0.15, 0.2) is 18.2 Å². The number of hydrogen-bond acceptors (Lipinski definition) is 2. The number of esters is 1. The van der Waals surface area contributed by atoms with Crippen LogP contribution in [-0.4, -0.2) is 13.1 Å². The fourth-order valence-corrected chi connectivity index (χ4v) is 2.17. The Morgan fingerprint density at radius 2 is 1.56 bits per heavy atom. The van der Waals surface area contributed by atoms with Crippen LogP contribution in [0.5, 0.6) is 0 Å². The first-order valence-electron chi connectivity index (χ1n) is 6.93. The van der Waals surface area contributed by atoms with E-state index in [0.29, 0.717) is 0 Å². The van der Waals surface area contributed by atoms with Gasteiger partial charge in [0.2, 0.25) is 0 Å². The van der Waals surface area contributed by atoms with Gasteiger partial charge in [-0.25, -0.2) is 4.79 Å². The van der Waals surface area contributed by atoms with Crippen LogP contribution in [0.4, 0.5) is 0 Å². The zero-order chi connectivity index (χ0) is 13.4. The Kier molecular flexibility index (Phi) is 6.48. The predicted octanol–water partition coefficient (Wildman–Crippen LogP) is 4.16. The molecule has 0 unspecified atom stereocenters. The van der Waals surface area contributed by atoms with E-state index in [1.54, 1.807) is 0 Å². The first-order valence-corrected chi connectivity index (χ1v) is 6.93. The third-order valence-corrected chi connectivity index (χ3v) is 3.23. The molecule has 0 amide bonds. The SMILES string of the molecule is CCCCc1cccc(CCCC)c1C(=O)OC. The maximum absolute atomic E-state index is 12.0. The van der Waals surface area contributed by atoms with Crippen LogP contribution >= 0.6 is 0 Å². The molecule has 18 heavy (non-hydrogen) atoms. The lowest BCUT2D eigenvalue weighted by atomic mass is 9.94. The summed E-state index contributed by atoms with van der Waals surface area (Å²) in [7, 11) is 1.46. The molecule has 0 N–H and O–H groups in total. The van der Waals surface area contributed by atoms with Crippen molar-refractivity contribution >= 4 is 5.97 Å². The van der Waals surface area contributed by atoms with Crippen molar-refractivity contribution in [1.82, 2.24) is 0 Å². The second-order valence-corrected chi connectivity index (χ2v) is 4.65. The van der Waals surface area contributed by atoms with Crippen molar-refractivity contribution < 1.29 is 9.53 Å². The summed E-state index contributed by atoms with van der Waals surface area (Å²) in [5.74, 6) is -0.187. The lowest BCUT2D eigenvalue weighted by molar-refractivity contribution is 0.0598. The van der Waals surface area contributed by atoms with Crippen LogP contribution in [0, 0.1) is 0 Å². The van der Waals surface area contributed by atoms with E-state index >= 15 is 0 Å². The number of rotatable bonds is 7. The van der Waals surface area contributed by atoms with Crippen LogP contribution in [0.2, 0.25) is 0 Å². The van der Waals surface area contributed by atoms with Gasteiger partial charge in [0.25, 0.3) is 0 Å². The van der Waals surface area contributed by atoms with E-state index in [1.165, 1.54) is 7.11 Å². The highest BCUT2D eigenvalue weighted by atomic mass is 16.5. The molecule has 0 aliphatic carbocycles. The van der Waals surface area contributed by atoms with Crippen LogP contribution in [0.3, 0.4) is 0 Å². The maximum atomic E-state index is 12.0. The van der Waals surface area contributed by atoms with Gasteiger partial charge in [-0.05, 0) is 36.8 Å². The van der Waals surface area contributed by atoms with Gasteiger partial charge >= 0.3 is 5.97 Å². The summed E-state index contributed by atoms with van der Waals surface area (Å²) in [6.45, 7) is 4.33. The standard InChI is InChI=1S/C16H24O2/c1-4-6-9-13-11-8-12-14(10-7-5-2)15(13)16(17)18-3/h8,11-12H,4-7,9-10H2,1-3H3. The number of benzene rings is 1. The molecule has 0 aliphatic heterocycles. The topological polar surface area (TPSA) is 26.3 Å². The summed E-state index contributed by atoms with van der Waals surface area (Å²) in [5.41, 5.74) is 3.08. The first kappa shape index (κ1) is 14.7. The number of methoxy groups -OCH3 is 1. The van der Waals surface area contributed by atoms with Crippen LogP contribution in [-0.2, 0) is 17.6 Å². The van der Waals surface area contributed by atoms with Gasteiger partial charge in [-0.3, -0.25) is 0 Å². The van der Waals surface area contributed by atoms with E-state index in [9.17, 15) is 4.79 Å². The minimum atomic E-state index is -0.187. The van der Waals surface area contributed by atoms with Gasteiger partial charge in [0, 0.05) is 0 Å². The molecule has 0 fully saturated rings. The Bertz CT molecular complexity index is 356.